The maximum absolute atomic E-state index is 14.0. The summed E-state index contributed by atoms with van der Waals surface area (Å²) in [5, 5.41) is 12.4. The second-order valence-corrected chi connectivity index (χ2v) is 5.28. The van der Waals surface area contributed by atoms with Crippen molar-refractivity contribution in [1.82, 2.24) is 5.32 Å². The van der Waals surface area contributed by atoms with Crippen molar-refractivity contribution >= 4 is 5.69 Å². The second-order valence-electron chi connectivity index (χ2n) is 5.28. The lowest BCUT2D eigenvalue weighted by atomic mass is 10.1. The first-order valence-corrected chi connectivity index (χ1v) is 6.85. The Labute approximate surface area is 115 Å². The number of aliphatic hydroxyl groups is 1. The van der Waals surface area contributed by atoms with Crippen LogP contribution in [0.5, 0.6) is 0 Å². The first-order valence-electron chi connectivity index (χ1n) is 6.85. The Morgan fingerprint density at radius 3 is 2.47 bits per heavy atom. The molecule has 0 aliphatic carbocycles. The van der Waals surface area contributed by atoms with Crippen molar-refractivity contribution in [3.8, 4) is 0 Å². The Hall–Kier alpha value is -1.13. The van der Waals surface area contributed by atoms with Crippen molar-refractivity contribution in [2.45, 2.75) is 46.3 Å². The summed E-state index contributed by atoms with van der Waals surface area (Å²) < 4.78 is 14.0. The molecule has 1 aromatic rings. The molecule has 108 valence electrons. The summed E-state index contributed by atoms with van der Waals surface area (Å²) in [6, 6.07) is 5.63. The van der Waals surface area contributed by atoms with Gasteiger partial charge in [-0.1, -0.05) is 19.9 Å². The van der Waals surface area contributed by atoms with Gasteiger partial charge in [0.25, 0.3) is 0 Å². The minimum atomic E-state index is -0.200. The molecule has 0 fully saturated rings. The minimum absolute atomic E-state index is 0.0613. The van der Waals surface area contributed by atoms with Crippen LogP contribution in [0.2, 0.25) is 0 Å². The smallest absolute Gasteiger partial charge is 0.129 e. The van der Waals surface area contributed by atoms with E-state index in [-0.39, 0.29) is 18.5 Å². The minimum Gasteiger partial charge on any atom is -0.395 e. The van der Waals surface area contributed by atoms with Crippen LogP contribution in [0.25, 0.3) is 0 Å². The van der Waals surface area contributed by atoms with Gasteiger partial charge in [-0.15, -0.1) is 0 Å². The van der Waals surface area contributed by atoms with E-state index in [9.17, 15) is 9.50 Å². The fourth-order valence-corrected chi connectivity index (χ4v) is 2.06. The summed E-state index contributed by atoms with van der Waals surface area (Å²) in [5.41, 5.74) is 1.52. The van der Waals surface area contributed by atoms with E-state index < -0.39 is 0 Å². The first-order chi connectivity index (χ1) is 8.97. The number of aliphatic hydroxyl groups excluding tert-OH is 1. The highest BCUT2D eigenvalue weighted by Gasteiger charge is 2.16. The van der Waals surface area contributed by atoms with E-state index in [1.54, 1.807) is 6.07 Å². The highest BCUT2D eigenvalue weighted by Crippen LogP contribution is 2.25. The molecule has 0 saturated carbocycles. The second kappa shape index (κ2) is 7.46. The predicted octanol–water partition coefficient (Wildman–Crippen LogP) is 2.53. The van der Waals surface area contributed by atoms with Crippen molar-refractivity contribution in [2.75, 3.05) is 18.1 Å². The lowest BCUT2D eigenvalue weighted by molar-refractivity contribution is 0.299. The summed E-state index contributed by atoms with van der Waals surface area (Å²) >= 11 is 0. The number of hydrogen-bond donors (Lipinski definition) is 2. The number of hydrogen-bond acceptors (Lipinski definition) is 3. The SMILES string of the molecule is CC(C)NCc1c(F)cccc1N(CCO)C(C)C. The quantitative estimate of drug-likeness (QED) is 0.797. The van der Waals surface area contributed by atoms with Crippen LogP contribution in [0.1, 0.15) is 33.3 Å². The molecule has 0 spiro atoms. The van der Waals surface area contributed by atoms with E-state index in [2.05, 4.69) is 5.32 Å². The standard InChI is InChI=1S/C15H25FN2O/c1-11(2)17-10-13-14(16)6-5-7-15(13)18(8-9-19)12(3)4/h5-7,11-12,17,19H,8-10H2,1-4H3. The molecule has 1 aromatic carbocycles. The third-order valence-corrected chi connectivity index (χ3v) is 3.05. The largest absolute Gasteiger partial charge is 0.395 e. The number of anilines is 1. The van der Waals surface area contributed by atoms with Gasteiger partial charge in [-0.2, -0.15) is 0 Å². The molecule has 0 atom stereocenters. The lowest BCUT2D eigenvalue weighted by Crippen LogP contribution is -2.35. The van der Waals surface area contributed by atoms with Gasteiger partial charge in [-0.3, -0.25) is 0 Å². The predicted molar refractivity (Wildman–Crippen MR) is 77.9 cm³/mol. The molecule has 0 amide bonds. The van der Waals surface area contributed by atoms with Crippen LogP contribution in [0.15, 0.2) is 18.2 Å². The third-order valence-electron chi connectivity index (χ3n) is 3.05. The van der Waals surface area contributed by atoms with Gasteiger partial charge in [-0.25, -0.2) is 4.39 Å². The number of halogens is 1. The highest BCUT2D eigenvalue weighted by atomic mass is 19.1. The summed E-state index contributed by atoms with van der Waals surface area (Å²) in [7, 11) is 0. The van der Waals surface area contributed by atoms with Crippen molar-refractivity contribution < 1.29 is 9.50 Å². The first kappa shape index (κ1) is 15.9. The van der Waals surface area contributed by atoms with E-state index in [0.29, 0.717) is 24.7 Å². The van der Waals surface area contributed by atoms with Gasteiger partial charge < -0.3 is 15.3 Å². The molecule has 19 heavy (non-hydrogen) atoms. The van der Waals surface area contributed by atoms with Gasteiger partial charge in [0.2, 0.25) is 0 Å². The number of nitrogens with one attached hydrogen (secondary N) is 1. The van der Waals surface area contributed by atoms with Crippen LogP contribution < -0.4 is 10.2 Å². The Bertz CT molecular complexity index is 394. The maximum atomic E-state index is 14.0. The maximum Gasteiger partial charge on any atom is 0.129 e. The molecule has 1 rings (SSSR count). The normalized spacial score (nSPS) is 11.4. The van der Waals surface area contributed by atoms with Gasteiger partial charge in [0.1, 0.15) is 5.82 Å². The van der Waals surface area contributed by atoms with Crippen molar-refractivity contribution in [3.63, 3.8) is 0 Å². The summed E-state index contributed by atoms with van der Waals surface area (Å²) in [6.07, 6.45) is 0. The molecule has 0 unspecified atom stereocenters. The van der Waals surface area contributed by atoms with Crippen LogP contribution in [0.3, 0.4) is 0 Å². The summed E-state index contributed by atoms with van der Waals surface area (Å²) in [6.45, 7) is 9.22. The molecule has 0 aromatic heterocycles. The molecule has 0 radical (unpaired) electrons. The van der Waals surface area contributed by atoms with Crippen LogP contribution in [-0.4, -0.2) is 30.3 Å². The van der Waals surface area contributed by atoms with Crippen LogP contribution in [0, 0.1) is 5.82 Å². The molecule has 2 N–H and O–H groups in total. The van der Waals surface area contributed by atoms with Crippen molar-refractivity contribution in [2.24, 2.45) is 0 Å². The van der Waals surface area contributed by atoms with E-state index >= 15 is 0 Å². The summed E-state index contributed by atoms with van der Waals surface area (Å²) in [5.74, 6) is -0.200. The van der Waals surface area contributed by atoms with Crippen LogP contribution in [0.4, 0.5) is 10.1 Å². The fraction of sp³-hybridized carbons (Fsp3) is 0.600. The van der Waals surface area contributed by atoms with Crippen LogP contribution in [-0.2, 0) is 6.54 Å². The molecule has 0 saturated heterocycles. The molecule has 3 nitrogen and oxygen atoms in total. The van der Waals surface area contributed by atoms with E-state index in [0.717, 1.165) is 5.69 Å². The third kappa shape index (κ3) is 4.48. The fourth-order valence-electron chi connectivity index (χ4n) is 2.06. The number of rotatable bonds is 7. The Kier molecular flexibility index (Phi) is 6.25. The number of nitrogens with zero attached hydrogens (tertiary/aromatic N) is 1. The zero-order valence-corrected chi connectivity index (χ0v) is 12.3. The van der Waals surface area contributed by atoms with Gasteiger partial charge in [0, 0.05) is 36.4 Å². The van der Waals surface area contributed by atoms with E-state index in [4.69, 9.17) is 0 Å². The average molecular weight is 268 g/mol. The zero-order valence-electron chi connectivity index (χ0n) is 12.3. The molecule has 0 aliphatic heterocycles. The lowest BCUT2D eigenvalue weighted by Gasteiger charge is -2.30. The van der Waals surface area contributed by atoms with Crippen LogP contribution >= 0.6 is 0 Å². The Morgan fingerprint density at radius 1 is 1.26 bits per heavy atom. The average Bonchev–Trinajstić information content (AvgIpc) is 2.33. The summed E-state index contributed by atoms with van der Waals surface area (Å²) in [4.78, 5) is 2.03. The highest BCUT2D eigenvalue weighted by molar-refractivity contribution is 5.55. The molecule has 0 aliphatic rings. The molecule has 4 heteroatoms. The van der Waals surface area contributed by atoms with E-state index in [1.165, 1.54) is 6.07 Å². The van der Waals surface area contributed by atoms with Gasteiger partial charge in [0.05, 0.1) is 6.61 Å². The topological polar surface area (TPSA) is 35.5 Å². The molecular weight excluding hydrogens is 243 g/mol. The Balaban J connectivity index is 3.06. The molecule has 0 bridgehead atoms. The molecular formula is C15H25FN2O. The molecule has 0 heterocycles. The van der Waals surface area contributed by atoms with Gasteiger partial charge in [0.15, 0.2) is 0 Å². The van der Waals surface area contributed by atoms with Crippen molar-refractivity contribution in [3.05, 3.63) is 29.6 Å². The van der Waals surface area contributed by atoms with E-state index in [1.807, 2.05) is 38.7 Å². The van der Waals surface area contributed by atoms with Gasteiger partial charge in [-0.05, 0) is 26.0 Å². The zero-order chi connectivity index (χ0) is 14.4. The van der Waals surface area contributed by atoms with Gasteiger partial charge >= 0.3 is 0 Å². The monoisotopic (exact) mass is 268 g/mol. The Morgan fingerprint density at radius 2 is 1.95 bits per heavy atom. The number of benzene rings is 1. The van der Waals surface area contributed by atoms with Crippen molar-refractivity contribution in [1.29, 1.82) is 0 Å².